The van der Waals surface area contributed by atoms with Gasteiger partial charge in [0.15, 0.2) is 11.3 Å². The van der Waals surface area contributed by atoms with Crippen molar-refractivity contribution >= 4 is 40.1 Å². The molecule has 0 bridgehead atoms. The molecule has 0 aliphatic carbocycles. The largest absolute Gasteiger partial charge is 0.497 e. The Kier molecular flexibility index (Phi) is 5.59. The molecule has 32 heavy (non-hydrogen) atoms. The van der Waals surface area contributed by atoms with Crippen LogP contribution in [0, 0.1) is 0 Å². The summed E-state index contributed by atoms with van der Waals surface area (Å²) in [6, 6.07) is 22.9. The molecule has 5 rings (SSSR count). The van der Waals surface area contributed by atoms with E-state index >= 15 is 0 Å². The summed E-state index contributed by atoms with van der Waals surface area (Å²) in [5, 5.41) is 12.2. The minimum absolute atomic E-state index is 0.200. The van der Waals surface area contributed by atoms with E-state index in [1.807, 2.05) is 72.8 Å². The Morgan fingerprint density at radius 3 is 2.72 bits per heavy atom. The number of thioether (sulfide) groups is 1. The lowest BCUT2D eigenvalue weighted by atomic mass is 10.1. The average Bonchev–Trinajstić information content (AvgIpc) is 2.83. The van der Waals surface area contributed by atoms with Gasteiger partial charge in [0, 0.05) is 21.6 Å². The van der Waals surface area contributed by atoms with Gasteiger partial charge in [-0.25, -0.2) is 5.01 Å². The maximum absolute atomic E-state index is 13.2. The fourth-order valence-corrected chi connectivity index (χ4v) is 4.58. The lowest BCUT2D eigenvalue weighted by molar-refractivity contribution is -0.116. The Hall–Kier alpha value is -3.29. The van der Waals surface area contributed by atoms with E-state index in [1.165, 1.54) is 11.8 Å². The van der Waals surface area contributed by atoms with Crippen LogP contribution in [-0.2, 0) is 10.5 Å². The second-order valence-corrected chi connectivity index (χ2v) is 8.66. The number of nitrogens with zero attached hydrogens (tertiary/aromatic N) is 3. The number of amidine groups is 1. The lowest BCUT2D eigenvalue weighted by Crippen LogP contribution is -2.50. The summed E-state index contributed by atoms with van der Waals surface area (Å²) in [5.74, 6) is 1.17. The first-order valence-electron chi connectivity index (χ1n) is 10.00. The van der Waals surface area contributed by atoms with E-state index in [1.54, 1.807) is 12.1 Å². The minimum Gasteiger partial charge on any atom is -0.497 e. The molecule has 6 nitrogen and oxygen atoms in total. The van der Waals surface area contributed by atoms with Gasteiger partial charge in [-0.05, 0) is 35.9 Å². The number of benzene rings is 3. The van der Waals surface area contributed by atoms with E-state index in [2.05, 4.69) is 5.32 Å². The van der Waals surface area contributed by atoms with Gasteiger partial charge in [0.05, 0.1) is 12.5 Å². The van der Waals surface area contributed by atoms with Crippen LogP contribution in [0.4, 0.5) is 0 Å². The average molecular weight is 463 g/mol. The number of methoxy groups -OCH3 is 1. The molecule has 3 aromatic carbocycles. The molecule has 0 fully saturated rings. The van der Waals surface area contributed by atoms with Gasteiger partial charge in [-0.2, -0.15) is 0 Å². The molecule has 0 radical (unpaired) electrons. The predicted molar refractivity (Wildman–Crippen MR) is 127 cm³/mol. The van der Waals surface area contributed by atoms with Crippen molar-refractivity contribution in [2.45, 2.75) is 11.9 Å². The first-order valence-corrected chi connectivity index (χ1v) is 11.4. The number of halogens is 1. The van der Waals surface area contributed by atoms with E-state index in [-0.39, 0.29) is 5.91 Å². The summed E-state index contributed by atoms with van der Waals surface area (Å²) in [4.78, 5) is 18.1. The number of rotatable bonds is 4. The standard InChI is InChI=1S/C24H19ClN4O2S/c1-31-18-6-4-5-16(13-18)22-26-20-8-3-2-7-19(20)21-23(30)27-24(28-29(21)22)32-14-15-9-11-17(25)12-10-15/h2-13,22H,14H2,1H3,(H,27,28,30). The van der Waals surface area contributed by atoms with Crippen LogP contribution in [0.1, 0.15) is 17.3 Å². The molecule has 1 amide bonds. The van der Waals surface area contributed by atoms with Gasteiger partial charge < -0.3 is 4.74 Å². The molecule has 0 saturated heterocycles. The molecule has 2 heterocycles. The van der Waals surface area contributed by atoms with E-state index in [0.29, 0.717) is 21.6 Å². The highest BCUT2D eigenvalue weighted by Gasteiger charge is 2.34. The third-order valence-electron chi connectivity index (χ3n) is 5.20. The fraction of sp³-hybridized carbons (Fsp3) is 0.125. The predicted octanol–water partition coefficient (Wildman–Crippen LogP) is 3.43. The number of carbonyl (C=O) groups excluding carboxylic acids is 1. The number of hydrogen-bond donors (Lipinski definition) is 1. The number of fused-ring (bicyclic) bond motifs is 2. The molecular weight excluding hydrogens is 444 g/mol. The minimum atomic E-state index is -0.479. The molecule has 2 aliphatic heterocycles. The first kappa shape index (κ1) is 20.6. The molecule has 0 aromatic heterocycles. The van der Waals surface area contributed by atoms with Gasteiger partial charge in [0.25, 0.3) is 5.91 Å². The quantitative estimate of drug-likeness (QED) is 0.645. The highest BCUT2D eigenvalue weighted by molar-refractivity contribution is 8.13. The van der Waals surface area contributed by atoms with Crippen molar-refractivity contribution in [3.05, 3.63) is 99.5 Å². The van der Waals surface area contributed by atoms with Crippen molar-refractivity contribution in [2.24, 2.45) is 10.1 Å². The summed E-state index contributed by atoms with van der Waals surface area (Å²) in [7, 11) is 1.63. The van der Waals surface area contributed by atoms with E-state index in [9.17, 15) is 4.79 Å². The van der Waals surface area contributed by atoms with Gasteiger partial charge >= 0.3 is 0 Å². The maximum atomic E-state index is 13.2. The van der Waals surface area contributed by atoms with E-state index in [0.717, 1.165) is 27.5 Å². The van der Waals surface area contributed by atoms with Crippen molar-refractivity contribution in [3.63, 3.8) is 0 Å². The van der Waals surface area contributed by atoms with Crippen molar-refractivity contribution in [1.29, 1.82) is 0 Å². The van der Waals surface area contributed by atoms with Crippen LogP contribution >= 0.6 is 23.4 Å². The van der Waals surface area contributed by atoms with Crippen molar-refractivity contribution < 1.29 is 9.53 Å². The molecule has 1 atom stereocenters. The Labute approximate surface area is 194 Å². The summed E-state index contributed by atoms with van der Waals surface area (Å²) in [6.07, 6.45) is -0.479. The second kappa shape index (κ2) is 8.68. The first-order chi connectivity index (χ1) is 15.6. The molecule has 8 heteroatoms. The van der Waals surface area contributed by atoms with Crippen LogP contribution in [0.3, 0.4) is 0 Å². The summed E-state index contributed by atoms with van der Waals surface area (Å²) in [5.41, 5.74) is 2.46. The number of hydrazone groups is 1. The lowest BCUT2D eigenvalue weighted by Gasteiger charge is -2.34. The molecule has 160 valence electrons. The van der Waals surface area contributed by atoms with Gasteiger partial charge in [0.2, 0.25) is 0 Å². The van der Waals surface area contributed by atoms with Gasteiger partial charge in [-0.1, -0.05) is 65.8 Å². The summed E-state index contributed by atoms with van der Waals surface area (Å²) < 4.78 is 5.39. The van der Waals surface area contributed by atoms with E-state index in [4.69, 9.17) is 26.4 Å². The molecule has 0 spiro atoms. The van der Waals surface area contributed by atoms with Gasteiger partial charge in [-0.15, -0.1) is 5.10 Å². The molecule has 0 saturated carbocycles. The van der Waals surface area contributed by atoms with Crippen LogP contribution in [0.5, 0.6) is 5.75 Å². The Morgan fingerprint density at radius 2 is 1.91 bits per heavy atom. The SMILES string of the molecule is COc1cccc(C2N=c3ccccc3=C3C(=O)NC(SCc4ccc(Cl)cc4)=NN32)c1. The Bertz CT molecular complexity index is 1340. The fourth-order valence-electron chi connectivity index (χ4n) is 3.64. The summed E-state index contributed by atoms with van der Waals surface area (Å²) in [6.45, 7) is 0. The van der Waals surface area contributed by atoms with Crippen molar-refractivity contribution in [1.82, 2.24) is 10.3 Å². The van der Waals surface area contributed by atoms with Crippen LogP contribution in [0.25, 0.3) is 5.70 Å². The number of ether oxygens (including phenoxy) is 1. The number of nitrogens with one attached hydrogen (secondary N) is 1. The van der Waals surface area contributed by atoms with Crippen LogP contribution in [0.2, 0.25) is 5.02 Å². The summed E-state index contributed by atoms with van der Waals surface area (Å²) >= 11 is 7.43. The van der Waals surface area contributed by atoms with Gasteiger partial charge in [-0.3, -0.25) is 15.1 Å². The number of hydrogen-bond acceptors (Lipinski definition) is 6. The Balaban J connectivity index is 1.55. The molecule has 1 N–H and O–H groups in total. The topological polar surface area (TPSA) is 66.3 Å². The molecule has 2 aliphatic rings. The van der Waals surface area contributed by atoms with Crippen molar-refractivity contribution in [3.8, 4) is 5.75 Å². The Morgan fingerprint density at radius 1 is 1.09 bits per heavy atom. The normalized spacial score (nSPS) is 17.0. The molecule has 3 aromatic rings. The monoisotopic (exact) mass is 462 g/mol. The van der Waals surface area contributed by atoms with Crippen LogP contribution < -0.4 is 20.6 Å². The second-order valence-electron chi connectivity index (χ2n) is 7.26. The molecular formula is C24H19ClN4O2S. The smallest absolute Gasteiger partial charge is 0.276 e. The van der Waals surface area contributed by atoms with Crippen molar-refractivity contribution in [2.75, 3.05) is 7.11 Å². The highest BCUT2D eigenvalue weighted by Crippen LogP contribution is 2.32. The zero-order chi connectivity index (χ0) is 22.1. The van der Waals surface area contributed by atoms with Crippen LogP contribution in [-0.4, -0.2) is 23.2 Å². The van der Waals surface area contributed by atoms with Gasteiger partial charge in [0.1, 0.15) is 11.4 Å². The maximum Gasteiger partial charge on any atom is 0.276 e. The molecule has 1 unspecified atom stereocenters. The number of carbonyl (C=O) groups is 1. The van der Waals surface area contributed by atoms with Crippen LogP contribution in [0.15, 0.2) is 82.9 Å². The number of amides is 1. The third kappa shape index (κ3) is 3.97. The third-order valence-corrected chi connectivity index (χ3v) is 6.38. The zero-order valence-corrected chi connectivity index (χ0v) is 18.7. The highest BCUT2D eigenvalue weighted by atomic mass is 35.5. The zero-order valence-electron chi connectivity index (χ0n) is 17.2. The number of para-hydroxylation sites is 1. The van der Waals surface area contributed by atoms with E-state index < -0.39 is 6.17 Å².